The fourth-order valence-electron chi connectivity index (χ4n) is 2.27. The Balaban J connectivity index is 0.000000397. The minimum Gasteiger partial charge on any atom is -0.427 e. The number of fused-ring (bicyclic) bond motifs is 2. The molecule has 0 bridgehead atoms. The van der Waals surface area contributed by atoms with Crippen LogP contribution in [0.4, 0.5) is 0 Å². The molecular formula is C26H34BClO2. The third kappa shape index (κ3) is 12.3. The highest BCUT2D eigenvalue weighted by Crippen LogP contribution is 2.12. The van der Waals surface area contributed by atoms with E-state index in [-0.39, 0.29) is 0 Å². The third-order valence-corrected chi connectivity index (χ3v) is 3.68. The molecule has 0 atom stereocenters. The van der Waals surface area contributed by atoms with Crippen LogP contribution in [0.1, 0.15) is 27.2 Å². The molecule has 4 aromatic rings. The van der Waals surface area contributed by atoms with Gasteiger partial charge in [0, 0.05) is 6.38 Å². The lowest BCUT2D eigenvalue weighted by atomic mass is 9.88. The molecule has 0 aliphatic carbocycles. The van der Waals surface area contributed by atoms with E-state index in [0.717, 1.165) is 0 Å². The summed E-state index contributed by atoms with van der Waals surface area (Å²) in [6.07, 6.45) is 3.14. The minimum absolute atomic E-state index is 0.417. The lowest BCUT2D eigenvalue weighted by Crippen LogP contribution is -2.06. The molecule has 0 aliphatic heterocycles. The highest BCUT2D eigenvalue weighted by Gasteiger charge is 1.96. The van der Waals surface area contributed by atoms with Crippen LogP contribution in [0.2, 0.25) is 6.32 Å². The lowest BCUT2D eigenvalue weighted by Gasteiger charge is -1.92. The molecule has 4 aromatic carbocycles. The Bertz CT molecular complexity index is 711. The van der Waals surface area contributed by atoms with Crippen molar-refractivity contribution in [3.8, 4) is 0 Å². The summed E-state index contributed by atoms with van der Waals surface area (Å²) in [5, 5.41) is 21.1. The average Bonchev–Trinajstić information content (AvgIpc) is 2.82. The molecule has 0 fully saturated rings. The zero-order valence-electron chi connectivity index (χ0n) is 18.5. The van der Waals surface area contributed by atoms with Crippen molar-refractivity contribution in [1.82, 2.24) is 0 Å². The van der Waals surface area contributed by atoms with Gasteiger partial charge in [-0.3, -0.25) is 0 Å². The van der Waals surface area contributed by atoms with E-state index in [2.05, 4.69) is 123 Å². The van der Waals surface area contributed by atoms with Crippen molar-refractivity contribution in [3.05, 3.63) is 97.1 Å². The predicted molar refractivity (Wildman–Crippen MR) is 136 cm³/mol. The molecule has 0 unspecified atom stereocenters. The Kier molecular flexibility index (Phi) is 17.2. The monoisotopic (exact) mass is 424 g/mol. The van der Waals surface area contributed by atoms with Gasteiger partial charge in [0.2, 0.25) is 0 Å². The van der Waals surface area contributed by atoms with Crippen molar-refractivity contribution >= 4 is 40.3 Å². The second kappa shape index (κ2) is 18.7. The van der Waals surface area contributed by atoms with Gasteiger partial charge in [-0.2, -0.15) is 0 Å². The van der Waals surface area contributed by atoms with Gasteiger partial charge in [-0.15, -0.1) is 11.6 Å². The minimum atomic E-state index is -1.12. The van der Waals surface area contributed by atoms with Crippen LogP contribution in [-0.4, -0.2) is 23.5 Å². The van der Waals surface area contributed by atoms with Crippen LogP contribution in [0.15, 0.2) is 97.1 Å². The molecule has 4 heteroatoms. The van der Waals surface area contributed by atoms with E-state index >= 15 is 0 Å². The molecule has 0 spiro atoms. The summed E-state index contributed by atoms with van der Waals surface area (Å²) in [6.45, 7) is 5.95. The molecule has 0 radical (unpaired) electrons. The summed E-state index contributed by atoms with van der Waals surface area (Å²) in [6, 6.07) is 33.4. The third-order valence-electron chi connectivity index (χ3n) is 3.68. The van der Waals surface area contributed by atoms with Crippen molar-refractivity contribution < 1.29 is 10.0 Å². The predicted octanol–water partition coefficient (Wildman–Crippen LogP) is 7.43. The van der Waals surface area contributed by atoms with E-state index in [4.69, 9.17) is 10.0 Å². The molecule has 0 aliphatic rings. The first-order chi connectivity index (χ1) is 14.6. The standard InChI is InChI=1S/2C10H8.C3H8.C2H7BO2.CH3Cl/c2*1-2-6-10-8-4-3-7-9(10)5-1;1-3-2;1-2-3(4)5;1-2/h2*1-8H;3H2,1-2H3;4-5H,2H2,1H3;1H3. The highest BCUT2D eigenvalue weighted by molar-refractivity contribution is 6.40. The van der Waals surface area contributed by atoms with E-state index in [1.54, 1.807) is 6.92 Å². The van der Waals surface area contributed by atoms with Gasteiger partial charge in [-0.25, -0.2) is 0 Å². The number of alkyl halides is 1. The Labute approximate surface area is 187 Å². The van der Waals surface area contributed by atoms with Gasteiger partial charge in [-0.1, -0.05) is 124 Å². The molecule has 4 rings (SSSR count). The second-order valence-electron chi connectivity index (χ2n) is 6.29. The summed E-state index contributed by atoms with van der Waals surface area (Å²) in [5.74, 6) is 0. The van der Waals surface area contributed by atoms with Crippen molar-refractivity contribution in [2.75, 3.05) is 6.38 Å². The SMILES string of the molecule is CCB(O)O.CCC.CCl.c1ccc2ccccc2c1.c1ccc2ccccc2c1. The molecule has 0 saturated heterocycles. The van der Waals surface area contributed by atoms with Crippen LogP contribution in [-0.2, 0) is 0 Å². The first-order valence-corrected chi connectivity index (χ1v) is 11.0. The fourth-order valence-corrected chi connectivity index (χ4v) is 2.27. The normalized spacial score (nSPS) is 8.77. The van der Waals surface area contributed by atoms with Gasteiger partial charge in [0.25, 0.3) is 0 Å². The van der Waals surface area contributed by atoms with Gasteiger partial charge >= 0.3 is 7.12 Å². The summed E-state index contributed by atoms with van der Waals surface area (Å²) in [4.78, 5) is 0. The van der Waals surface area contributed by atoms with Gasteiger partial charge in [0.1, 0.15) is 0 Å². The summed E-state index contributed by atoms with van der Waals surface area (Å²) >= 11 is 4.64. The zero-order valence-corrected chi connectivity index (χ0v) is 19.3. The van der Waals surface area contributed by atoms with Crippen LogP contribution >= 0.6 is 11.6 Å². The van der Waals surface area contributed by atoms with Crippen molar-refractivity contribution in [1.29, 1.82) is 0 Å². The van der Waals surface area contributed by atoms with E-state index in [1.807, 2.05) is 0 Å². The smallest absolute Gasteiger partial charge is 0.427 e. The van der Waals surface area contributed by atoms with Crippen molar-refractivity contribution in [3.63, 3.8) is 0 Å². The van der Waals surface area contributed by atoms with Crippen LogP contribution in [0.25, 0.3) is 21.5 Å². The van der Waals surface area contributed by atoms with Crippen LogP contribution in [0, 0.1) is 0 Å². The van der Waals surface area contributed by atoms with Crippen LogP contribution < -0.4 is 0 Å². The molecular weight excluding hydrogens is 391 g/mol. The molecule has 0 aromatic heterocycles. The fraction of sp³-hybridized carbons (Fsp3) is 0.231. The number of rotatable bonds is 1. The Morgan fingerprint density at radius 1 is 0.533 bits per heavy atom. The first kappa shape index (κ1) is 27.7. The van der Waals surface area contributed by atoms with E-state index in [1.165, 1.54) is 34.3 Å². The molecule has 2 nitrogen and oxygen atoms in total. The highest BCUT2D eigenvalue weighted by atomic mass is 35.5. The number of halogens is 1. The Hall–Kier alpha value is -2.33. The van der Waals surface area contributed by atoms with Crippen LogP contribution in [0.3, 0.4) is 0 Å². The second-order valence-corrected chi connectivity index (χ2v) is 6.29. The zero-order chi connectivity index (χ0) is 22.6. The van der Waals surface area contributed by atoms with Gasteiger partial charge in [-0.05, 0) is 27.9 Å². The Morgan fingerprint density at radius 2 is 0.667 bits per heavy atom. The number of benzene rings is 4. The summed E-state index contributed by atoms with van der Waals surface area (Å²) in [7, 11) is -1.12. The maximum absolute atomic E-state index is 7.92. The average molecular weight is 425 g/mol. The first-order valence-electron chi connectivity index (χ1n) is 10.2. The number of hydrogen-bond donors (Lipinski definition) is 2. The molecule has 2 N–H and O–H groups in total. The number of hydrogen-bond acceptors (Lipinski definition) is 2. The van der Waals surface area contributed by atoms with E-state index in [0.29, 0.717) is 6.32 Å². The Morgan fingerprint density at radius 3 is 0.767 bits per heavy atom. The maximum atomic E-state index is 7.92. The molecule has 160 valence electrons. The van der Waals surface area contributed by atoms with Crippen molar-refractivity contribution in [2.24, 2.45) is 0 Å². The lowest BCUT2D eigenvalue weighted by molar-refractivity contribution is 0.408. The molecule has 30 heavy (non-hydrogen) atoms. The topological polar surface area (TPSA) is 40.5 Å². The summed E-state index contributed by atoms with van der Waals surface area (Å²) < 4.78 is 0. The van der Waals surface area contributed by atoms with Gasteiger partial charge in [0.15, 0.2) is 0 Å². The van der Waals surface area contributed by atoms with Crippen molar-refractivity contribution in [2.45, 2.75) is 33.5 Å². The van der Waals surface area contributed by atoms with Crippen LogP contribution in [0.5, 0.6) is 0 Å². The molecule has 0 saturated carbocycles. The quantitative estimate of drug-likeness (QED) is 0.246. The van der Waals surface area contributed by atoms with E-state index < -0.39 is 7.12 Å². The largest absolute Gasteiger partial charge is 0.451 e. The van der Waals surface area contributed by atoms with Gasteiger partial charge < -0.3 is 10.0 Å². The molecule has 0 heterocycles. The maximum Gasteiger partial charge on any atom is 0.451 e. The molecule has 0 amide bonds. The van der Waals surface area contributed by atoms with Gasteiger partial charge in [0.05, 0.1) is 0 Å². The summed E-state index contributed by atoms with van der Waals surface area (Å²) in [5.41, 5.74) is 0. The van der Waals surface area contributed by atoms with E-state index in [9.17, 15) is 0 Å².